The van der Waals surface area contributed by atoms with Gasteiger partial charge in [0.15, 0.2) is 0 Å². The van der Waals surface area contributed by atoms with Gasteiger partial charge in [-0.3, -0.25) is 9.69 Å². The second-order valence-electron chi connectivity index (χ2n) is 12.2. The predicted octanol–water partition coefficient (Wildman–Crippen LogP) is 5.14. The van der Waals surface area contributed by atoms with Gasteiger partial charge in [0.25, 0.3) is 0 Å². The fraction of sp³-hybridized carbons (Fsp3) is 0.962. The van der Waals surface area contributed by atoms with Crippen LogP contribution in [0.25, 0.3) is 0 Å². The van der Waals surface area contributed by atoms with Crippen LogP contribution in [0.15, 0.2) is 0 Å². The molecule has 0 unspecified atom stereocenters. The molecule has 0 aromatic heterocycles. The molecule has 3 saturated carbocycles. The average molecular weight is 401 g/mol. The van der Waals surface area contributed by atoms with Gasteiger partial charge < -0.3 is 4.90 Å². The summed E-state index contributed by atoms with van der Waals surface area (Å²) in [5.41, 5.74) is 1.36. The molecular formula is C26H44N2O. The van der Waals surface area contributed by atoms with E-state index in [9.17, 15) is 4.79 Å². The van der Waals surface area contributed by atoms with E-state index in [4.69, 9.17) is 0 Å². The molecule has 0 amide bonds. The lowest BCUT2D eigenvalue weighted by Gasteiger charge is -2.63. The Morgan fingerprint density at radius 3 is 2.03 bits per heavy atom. The fourth-order valence-corrected chi connectivity index (χ4v) is 7.92. The minimum atomic E-state index is 0.395. The minimum Gasteiger partial charge on any atom is -0.300 e. The number of piperidine rings is 1. The number of nitrogens with zero attached hydrogens (tertiary/aromatic N) is 2. The number of rotatable bonds is 5. The first kappa shape index (κ1) is 20.5. The van der Waals surface area contributed by atoms with Gasteiger partial charge in [-0.15, -0.1) is 0 Å². The van der Waals surface area contributed by atoms with Crippen LogP contribution in [0.4, 0.5) is 0 Å². The summed E-state index contributed by atoms with van der Waals surface area (Å²) in [6.07, 6.45) is 14.4. The van der Waals surface area contributed by atoms with Gasteiger partial charge in [-0.1, -0.05) is 20.8 Å². The van der Waals surface area contributed by atoms with E-state index in [1.54, 1.807) is 0 Å². The van der Waals surface area contributed by atoms with Crippen LogP contribution in [-0.2, 0) is 4.79 Å². The van der Waals surface area contributed by atoms with E-state index >= 15 is 0 Å². The molecule has 5 fully saturated rings. The molecule has 3 aliphatic carbocycles. The molecule has 0 aromatic rings. The highest BCUT2D eigenvalue weighted by molar-refractivity contribution is 5.80. The van der Waals surface area contributed by atoms with Gasteiger partial charge in [-0.2, -0.15) is 0 Å². The van der Waals surface area contributed by atoms with Crippen molar-refractivity contribution in [3.63, 3.8) is 0 Å². The molecule has 0 radical (unpaired) electrons. The molecule has 164 valence electrons. The summed E-state index contributed by atoms with van der Waals surface area (Å²) in [6.45, 7) is 12.3. The highest BCUT2D eigenvalue weighted by Crippen LogP contribution is 2.56. The Labute approximate surface area is 179 Å². The van der Waals surface area contributed by atoms with Gasteiger partial charge >= 0.3 is 0 Å². The zero-order chi connectivity index (χ0) is 20.2. The Bertz CT molecular complexity index is 590. The summed E-state index contributed by atoms with van der Waals surface area (Å²) in [4.78, 5) is 17.7. The molecule has 2 heterocycles. The van der Waals surface area contributed by atoms with E-state index in [2.05, 4.69) is 23.6 Å². The first-order valence-electron chi connectivity index (χ1n) is 12.9. The van der Waals surface area contributed by atoms with Crippen molar-refractivity contribution < 1.29 is 4.79 Å². The maximum absolute atomic E-state index is 12.0. The van der Waals surface area contributed by atoms with Crippen LogP contribution >= 0.6 is 0 Å². The topological polar surface area (TPSA) is 23.6 Å². The highest BCUT2D eigenvalue weighted by Gasteiger charge is 2.54. The monoisotopic (exact) mass is 400 g/mol. The summed E-state index contributed by atoms with van der Waals surface area (Å²) in [5, 5.41) is 0. The number of carbonyl (C=O) groups excluding carboxylic acids is 1. The van der Waals surface area contributed by atoms with E-state index in [-0.39, 0.29) is 0 Å². The first-order chi connectivity index (χ1) is 13.9. The van der Waals surface area contributed by atoms with Gasteiger partial charge in [0.05, 0.1) is 0 Å². The highest BCUT2D eigenvalue weighted by atomic mass is 16.1. The van der Waals surface area contributed by atoms with Gasteiger partial charge in [0, 0.05) is 37.5 Å². The number of likely N-dealkylation sites (tertiary alicyclic amines) is 2. The Balaban J connectivity index is 1.01. The Morgan fingerprint density at radius 2 is 1.48 bits per heavy atom. The second-order valence-corrected chi connectivity index (χ2v) is 12.2. The predicted molar refractivity (Wildman–Crippen MR) is 119 cm³/mol. The van der Waals surface area contributed by atoms with Gasteiger partial charge in [0.2, 0.25) is 0 Å². The third-order valence-electron chi connectivity index (χ3n) is 10.1. The molecule has 2 saturated heterocycles. The van der Waals surface area contributed by atoms with E-state index in [0.717, 1.165) is 35.8 Å². The third-order valence-corrected chi connectivity index (χ3v) is 10.1. The van der Waals surface area contributed by atoms with Gasteiger partial charge in [-0.25, -0.2) is 0 Å². The Hall–Kier alpha value is -0.410. The Kier molecular flexibility index (Phi) is 5.39. The van der Waals surface area contributed by atoms with Crippen LogP contribution in [0, 0.1) is 28.6 Å². The Morgan fingerprint density at radius 1 is 0.862 bits per heavy atom. The van der Waals surface area contributed by atoms with Crippen LogP contribution in [0.3, 0.4) is 0 Å². The standard InChI is InChI=1S/C26H44N2O/c1-4-24(29)20-5-9-25(10-6-20)15-23(16-25)27-11-7-22(8-12-27)28-17-26(18-28)13-21(14-26)19(2)3/h19-23H,4-18H2,1-3H3. The number of Topliss-reactive ketones (excluding diaryl/α,β-unsaturated/α-hetero) is 1. The van der Waals surface area contributed by atoms with Crippen LogP contribution in [0.2, 0.25) is 0 Å². The van der Waals surface area contributed by atoms with Crippen molar-refractivity contribution in [2.45, 2.75) is 103 Å². The van der Waals surface area contributed by atoms with Crippen LogP contribution in [0.5, 0.6) is 0 Å². The smallest absolute Gasteiger partial charge is 0.135 e. The van der Waals surface area contributed by atoms with E-state index < -0.39 is 0 Å². The van der Waals surface area contributed by atoms with Crippen LogP contribution in [-0.4, -0.2) is 53.8 Å². The lowest BCUT2D eigenvalue weighted by molar-refractivity contribution is -0.134. The maximum Gasteiger partial charge on any atom is 0.135 e. The van der Waals surface area contributed by atoms with Gasteiger partial charge in [0.1, 0.15) is 5.78 Å². The van der Waals surface area contributed by atoms with E-state index in [0.29, 0.717) is 17.1 Å². The van der Waals surface area contributed by atoms with Gasteiger partial charge in [-0.05, 0) is 100.0 Å². The molecule has 3 nitrogen and oxygen atoms in total. The van der Waals surface area contributed by atoms with Crippen molar-refractivity contribution in [3.05, 3.63) is 0 Å². The summed E-state index contributed by atoms with van der Waals surface area (Å²) in [5.74, 6) is 2.82. The minimum absolute atomic E-state index is 0.395. The first-order valence-corrected chi connectivity index (χ1v) is 12.9. The fourth-order valence-electron chi connectivity index (χ4n) is 7.92. The lowest BCUT2D eigenvalue weighted by Crippen LogP contribution is -2.66. The number of hydrogen-bond donors (Lipinski definition) is 0. The summed E-state index contributed by atoms with van der Waals surface area (Å²) in [7, 11) is 0. The van der Waals surface area contributed by atoms with Crippen molar-refractivity contribution in [1.29, 1.82) is 0 Å². The summed E-state index contributed by atoms with van der Waals surface area (Å²) in [6, 6.07) is 1.73. The summed E-state index contributed by atoms with van der Waals surface area (Å²) < 4.78 is 0. The molecule has 5 rings (SSSR count). The summed E-state index contributed by atoms with van der Waals surface area (Å²) >= 11 is 0. The second kappa shape index (κ2) is 7.62. The molecule has 2 spiro atoms. The van der Waals surface area contributed by atoms with Crippen molar-refractivity contribution in [3.8, 4) is 0 Å². The SMILES string of the molecule is CCC(=O)C1CCC2(CC1)CC(N1CCC(N3CC4(CC(C(C)C)C4)C3)CC1)C2. The largest absolute Gasteiger partial charge is 0.300 e. The number of ketones is 1. The number of carbonyl (C=O) groups is 1. The van der Waals surface area contributed by atoms with E-state index in [1.807, 2.05) is 6.92 Å². The molecule has 0 N–H and O–H groups in total. The zero-order valence-corrected chi connectivity index (χ0v) is 19.3. The molecule has 29 heavy (non-hydrogen) atoms. The van der Waals surface area contributed by atoms with Crippen LogP contribution < -0.4 is 0 Å². The quantitative estimate of drug-likeness (QED) is 0.638. The number of hydrogen-bond acceptors (Lipinski definition) is 3. The van der Waals surface area contributed by atoms with Crippen molar-refractivity contribution in [1.82, 2.24) is 9.80 Å². The van der Waals surface area contributed by atoms with Crippen LogP contribution in [0.1, 0.15) is 91.4 Å². The average Bonchev–Trinajstić information content (AvgIpc) is 2.64. The molecule has 3 heteroatoms. The normalized spacial score (nSPS) is 38.8. The molecule has 2 aliphatic heterocycles. The maximum atomic E-state index is 12.0. The van der Waals surface area contributed by atoms with E-state index in [1.165, 1.54) is 90.4 Å². The molecule has 0 atom stereocenters. The third kappa shape index (κ3) is 3.73. The molecular weight excluding hydrogens is 356 g/mol. The lowest BCUT2D eigenvalue weighted by atomic mass is 9.54. The molecule has 0 aromatic carbocycles. The molecule has 0 bridgehead atoms. The van der Waals surface area contributed by atoms with Crippen molar-refractivity contribution >= 4 is 5.78 Å². The van der Waals surface area contributed by atoms with Crippen molar-refractivity contribution in [2.75, 3.05) is 26.2 Å². The molecule has 5 aliphatic rings. The zero-order valence-electron chi connectivity index (χ0n) is 19.3. The van der Waals surface area contributed by atoms with Crippen molar-refractivity contribution in [2.24, 2.45) is 28.6 Å².